The molecule has 0 aliphatic rings. The Kier molecular flexibility index (Phi) is 7.92. The summed E-state index contributed by atoms with van der Waals surface area (Å²) in [6.07, 6.45) is -0.342. The zero-order valence-electron chi connectivity index (χ0n) is 13.3. The zero-order chi connectivity index (χ0) is 17.1. The molecule has 0 heterocycles. The van der Waals surface area contributed by atoms with Gasteiger partial charge in [-0.25, -0.2) is 4.79 Å². The van der Waals surface area contributed by atoms with E-state index >= 15 is 0 Å². The topological polar surface area (TPSA) is 78.6 Å². The molecule has 0 aliphatic carbocycles. The Balaban J connectivity index is 0.000000379. The lowest BCUT2D eigenvalue weighted by Gasteiger charge is -2.07. The highest BCUT2D eigenvalue weighted by Gasteiger charge is 2.09. The Morgan fingerprint density at radius 3 is 2.13 bits per heavy atom. The number of benzene rings is 2. The average molecular weight is 315 g/mol. The standard InChI is InChI=1S/C15H14O2.C3H7NO2/c1-17-15-10-6-5-9-13(15)11-14(16)12-7-3-2-4-8-12;1-2-6-3(4)5/h2-10H,11H2,1H3;2H2,1H3,(H2,4,5). The van der Waals surface area contributed by atoms with Crippen molar-refractivity contribution in [3.63, 3.8) is 0 Å². The quantitative estimate of drug-likeness (QED) is 0.859. The Bertz CT molecular complexity index is 626. The number of hydrogen-bond donors (Lipinski definition) is 1. The molecule has 122 valence electrons. The van der Waals surface area contributed by atoms with E-state index in [2.05, 4.69) is 10.5 Å². The predicted molar refractivity (Wildman–Crippen MR) is 88.7 cm³/mol. The van der Waals surface area contributed by atoms with Gasteiger partial charge in [0.15, 0.2) is 5.78 Å². The van der Waals surface area contributed by atoms with Crippen LogP contribution in [0.5, 0.6) is 5.75 Å². The monoisotopic (exact) mass is 315 g/mol. The van der Waals surface area contributed by atoms with Crippen molar-refractivity contribution in [1.82, 2.24) is 0 Å². The van der Waals surface area contributed by atoms with E-state index < -0.39 is 6.09 Å². The van der Waals surface area contributed by atoms with Gasteiger partial charge in [-0.3, -0.25) is 4.79 Å². The highest BCUT2D eigenvalue weighted by atomic mass is 16.5. The van der Waals surface area contributed by atoms with Crippen molar-refractivity contribution in [1.29, 1.82) is 0 Å². The van der Waals surface area contributed by atoms with E-state index in [4.69, 9.17) is 4.74 Å². The molecule has 0 atom stereocenters. The number of ketones is 1. The number of nitrogens with two attached hydrogens (primary N) is 1. The zero-order valence-corrected chi connectivity index (χ0v) is 13.3. The number of carbonyl (C=O) groups excluding carboxylic acids is 2. The van der Waals surface area contributed by atoms with Crippen molar-refractivity contribution in [2.24, 2.45) is 5.73 Å². The van der Waals surface area contributed by atoms with E-state index in [-0.39, 0.29) is 5.78 Å². The van der Waals surface area contributed by atoms with Crippen LogP contribution in [0.25, 0.3) is 0 Å². The van der Waals surface area contributed by atoms with E-state index in [1.807, 2.05) is 54.6 Å². The molecule has 0 bridgehead atoms. The fourth-order valence-corrected chi connectivity index (χ4v) is 1.89. The Morgan fingerprint density at radius 1 is 1.00 bits per heavy atom. The van der Waals surface area contributed by atoms with Crippen LogP contribution in [-0.4, -0.2) is 25.6 Å². The maximum atomic E-state index is 12.0. The molecule has 5 nitrogen and oxygen atoms in total. The summed E-state index contributed by atoms with van der Waals surface area (Å²) in [5.41, 5.74) is 6.20. The molecule has 0 saturated heterocycles. The van der Waals surface area contributed by atoms with Gasteiger partial charge in [0, 0.05) is 17.5 Å². The van der Waals surface area contributed by atoms with Crippen LogP contribution in [0.1, 0.15) is 22.8 Å². The maximum Gasteiger partial charge on any atom is 0.404 e. The molecule has 0 radical (unpaired) electrons. The smallest absolute Gasteiger partial charge is 0.404 e. The van der Waals surface area contributed by atoms with E-state index in [1.54, 1.807) is 14.0 Å². The molecule has 2 aromatic carbocycles. The van der Waals surface area contributed by atoms with E-state index in [1.165, 1.54) is 0 Å². The van der Waals surface area contributed by atoms with Crippen LogP contribution in [0.2, 0.25) is 0 Å². The average Bonchev–Trinajstić information content (AvgIpc) is 2.56. The number of hydrogen-bond acceptors (Lipinski definition) is 4. The lowest BCUT2D eigenvalue weighted by atomic mass is 10.0. The SMILES string of the molecule is CCOC(N)=O.COc1ccccc1CC(=O)c1ccccc1. The summed E-state index contributed by atoms with van der Waals surface area (Å²) in [4.78, 5) is 21.6. The van der Waals surface area contributed by atoms with Crippen LogP contribution in [0, 0.1) is 0 Å². The third-order valence-electron chi connectivity index (χ3n) is 2.93. The van der Waals surface area contributed by atoms with Gasteiger partial charge in [0.2, 0.25) is 0 Å². The minimum absolute atomic E-state index is 0.107. The minimum atomic E-state index is -0.711. The second kappa shape index (κ2) is 10.00. The Labute approximate surface area is 136 Å². The highest BCUT2D eigenvalue weighted by molar-refractivity contribution is 5.97. The van der Waals surface area contributed by atoms with Crippen LogP contribution in [0.3, 0.4) is 0 Å². The minimum Gasteiger partial charge on any atom is -0.496 e. The van der Waals surface area contributed by atoms with E-state index in [0.717, 1.165) is 16.9 Å². The molecule has 0 aliphatic heterocycles. The number of Topliss-reactive ketones (excluding diaryl/α,β-unsaturated/α-hetero) is 1. The van der Waals surface area contributed by atoms with Gasteiger partial charge < -0.3 is 15.2 Å². The highest BCUT2D eigenvalue weighted by Crippen LogP contribution is 2.19. The molecule has 0 aromatic heterocycles. The van der Waals surface area contributed by atoms with Gasteiger partial charge in [0.1, 0.15) is 5.75 Å². The van der Waals surface area contributed by atoms with Crippen molar-refractivity contribution in [3.05, 3.63) is 65.7 Å². The van der Waals surface area contributed by atoms with Gasteiger partial charge >= 0.3 is 6.09 Å². The molecule has 0 unspecified atom stereocenters. The molecule has 0 saturated carbocycles. The third-order valence-corrected chi connectivity index (χ3v) is 2.93. The number of amides is 1. The second-order valence-electron chi connectivity index (χ2n) is 4.53. The van der Waals surface area contributed by atoms with Crippen LogP contribution in [0.15, 0.2) is 54.6 Å². The number of rotatable bonds is 5. The molecule has 1 amide bonds. The van der Waals surface area contributed by atoms with E-state index in [0.29, 0.717) is 13.0 Å². The number of methoxy groups -OCH3 is 1. The molecule has 5 heteroatoms. The molecule has 2 aromatic rings. The first-order valence-electron chi connectivity index (χ1n) is 7.20. The number of primary amides is 1. The number of carbonyl (C=O) groups is 2. The number of para-hydroxylation sites is 1. The molecule has 23 heavy (non-hydrogen) atoms. The third kappa shape index (κ3) is 6.65. The van der Waals surface area contributed by atoms with Crippen LogP contribution < -0.4 is 10.5 Å². The summed E-state index contributed by atoms with van der Waals surface area (Å²) in [6.45, 7) is 2.06. The lowest BCUT2D eigenvalue weighted by Crippen LogP contribution is -2.11. The molecule has 2 rings (SSSR count). The summed E-state index contributed by atoms with van der Waals surface area (Å²) < 4.78 is 9.41. The molecular formula is C18H21NO4. The van der Waals surface area contributed by atoms with Gasteiger partial charge in [-0.05, 0) is 13.0 Å². The van der Waals surface area contributed by atoms with Gasteiger partial charge in [-0.1, -0.05) is 48.5 Å². The van der Waals surface area contributed by atoms with E-state index in [9.17, 15) is 9.59 Å². The van der Waals surface area contributed by atoms with Crippen LogP contribution in [-0.2, 0) is 11.2 Å². The molecular weight excluding hydrogens is 294 g/mol. The van der Waals surface area contributed by atoms with Crippen molar-refractivity contribution in [2.45, 2.75) is 13.3 Å². The summed E-state index contributed by atoms with van der Waals surface area (Å²) in [6, 6.07) is 16.9. The van der Waals surface area contributed by atoms with Crippen LogP contribution >= 0.6 is 0 Å². The van der Waals surface area contributed by atoms with Gasteiger partial charge in [-0.2, -0.15) is 0 Å². The van der Waals surface area contributed by atoms with Gasteiger partial charge in [0.25, 0.3) is 0 Å². The first-order chi connectivity index (χ1) is 11.1. The summed E-state index contributed by atoms with van der Waals surface area (Å²) >= 11 is 0. The molecule has 2 N–H and O–H groups in total. The first-order valence-corrected chi connectivity index (χ1v) is 7.20. The van der Waals surface area contributed by atoms with Crippen LogP contribution in [0.4, 0.5) is 4.79 Å². The second-order valence-corrected chi connectivity index (χ2v) is 4.53. The molecule has 0 spiro atoms. The summed E-state index contributed by atoms with van der Waals surface area (Å²) in [5.74, 6) is 0.867. The lowest BCUT2D eigenvalue weighted by molar-refractivity contribution is 0.0992. The Morgan fingerprint density at radius 2 is 1.61 bits per heavy atom. The number of ether oxygens (including phenoxy) is 2. The first kappa shape index (κ1) is 18.2. The van der Waals surface area contributed by atoms with Gasteiger partial charge in [-0.15, -0.1) is 0 Å². The largest absolute Gasteiger partial charge is 0.496 e. The van der Waals surface area contributed by atoms with Crippen molar-refractivity contribution in [2.75, 3.05) is 13.7 Å². The van der Waals surface area contributed by atoms with Crippen molar-refractivity contribution < 1.29 is 19.1 Å². The van der Waals surface area contributed by atoms with Crippen molar-refractivity contribution >= 4 is 11.9 Å². The predicted octanol–water partition coefficient (Wildman–Crippen LogP) is 3.22. The fourth-order valence-electron chi connectivity index (χ4n) is 1.89. The normalized spacial score (nSPS) is 9.30. The summed E-state index contributed by atoms with van der Waals surface area (Å²) in [7, 11) is 1.62. The maximum absolute atomic E-state index is 12.0. The summed E-state index contributed by atoms with van der Waals surface area (Å²) in [5, 5.41) is 0. The van der Waals surface area contributed by atoms with Gasteiger partial charge in [0.05, 0.1) is 13.7 Å². The molecule has 0 fully saturated rings. The fraction of sp³-hybridized carbons (Fsp3) is 0.222. The van der Waals surface area contributed by atoms with Crippen molar-refractivity contribution in [3.8, 4) is 5.75 Å². The Hall–Kier alpha value is -2.82.